The van der Waals surface area contributed by atoms with Gasteiger partial charge in [-0.2, -0.15) is 0 Å². The average Bonchev–Trinajstić information content (AvgIpc) is 2.27. The van der Waals surface area contributed by atoms with Gasteiger partial charge in [-0.25, -0.2) is 9.59 Å². The van der Waals surface area contributed by atoms with E-state index in [2.05, 4.69) is 0 Å². The highest BCUT2D eigenvalue weighted by atomic mass is 16.5. The summed E-state index contributed by atoms with van der Waals surface area (Å²) in [6.07, 6.45) is 0.379. The second kappa shape index (κ2) is 7.11. The molecule has 0 fully saturated rings. The summed E-state index contributed by atoms with van der Waals surface area (Å²) < 4.78 is 4.96. The van der Waals surface area contributed by atoms with E-state index < -0.39 is 12.0 Å². The van der Waals surface area contributed by atoms with Crippen molar-refractivity contribution in [3.8, 4) is 0 Å². The van der Waals surface area contributed by atoms with E-state index in [0.29, 0.717) is 13.0 Å². The van der Waals surface area contributed by atoms with Crippen LogP contribution in [0.25, 0.3) is 0 Å². The molecule has 0 aliphatic carbocycles. The number of hydrogen-bond donors (Lipinski definition) is 1. The van der Waals surface area contributed by atoms with Gasteiger partial charge in [0, 0.05) is 21.2 Å². The van der Waals surface area contributed by atoms with Gasteiger partial charge in [0.2, 0.25) is 0 Å². The number of carbonyl (C=O) groups excluding carboxylic acids is 1. The van der Waals surface area contributed by atoms with E-state index in [1.165, 1.54) is 16.8 Å². The fourth-order valence-corrected chi connectivity index (χ4v) is 1.54. The van der Waals surface area contributed by atoms with Gasteiger partial charge in [-0.15, -0.1) is 0 Å². The normalized spacial score (nSPS) is 13.9. The fraction of sp³-hybridized carbons (Fsp3) is 0.818. The molecule has 0 aliphatic heterocycles. The van der Waals surface area contributed by atoms with E-state index in [-0.39, 0.29) is 12.1 Å². The molecule has 0 rings (SSSR count). The molecule has 0 aliphatic rings. The number of nitrogens with zero attached hydrogens (tertiary/aromatic N) is 2. The van der Waals surface area contributed by atoms with Crippen LogP contribution in [0.4, 0.5) is 4.79 Å². The topological polar surface area (TPSA) is 70.1 Å². The van der Waals surface area contributed by atoms with Crippen LogP contribution >= 0.6 is 0 Å². The number of methoxy groups -OCH3 is 1. The third kappa shape index (κ3) is 4.22. The van der Waals surface area contributed by atoms with Crippen LogP contribution in [0.5, 0.6) is 0 Å². The maximum absolute atomic E-state index is 12.0. The summed E-state index contributed by atoms with van der Waals surface area (Å²) in [5.74, 6) is -0.990. The van der Waals surface area contributed by atoms with Gasteiger partial charge < -0.3 is 19.6 Å². The third-order valence-corrected chi connectivity index (χ3v) is 2.81. The summed E-state index contributed by atoms with van der Waals surface area (Å²) in [6.45, 7) is 4.00. The zero-order chi connectivity index (χ0) is 13.6. The second-order valence-electron chi connectivity index (χ2n) is 4.07. The third-order valence-electron chi connectivity index (χ3n) is 2.81. The largest absolute Gasteiger partial charge is 0.480 e. The molecule has 0 aromatic rings. The van der Waals surface area contributed by atoms with Crippen molar-refractivity contribution in [3.05, 3.63) is 0 Å². The van der Waals surface area contributed by atoms with Crippen LogP contribution in [0.2, 0.25) is 0 Å². The highest BCUT2D eigenvalue weighted by Gasteiger charge is 2.28. The number of carboxylic acid groups (broad SMARTS) is 1. The predicted octanol–water partition coefficient (Wildman–Crippen LogP) is 0.868. The van der Waals surface area contributed by atoms with Crippen LogP contribution in [0.1, 0.15) is 20.3 Å². The molecule has 0 saturated heterocycles. The van der Waals surface area contributed by atoms with Gasteiger partial charge in [-0.05, 0) is 13.3 Å². The molecule has 0 bridgehead atoms. The standard InChI is InChI=1S/C11H22N2O4/c1-6-9(10(14)15)13(4)11(16)12(3)8(2)7-17-5/h8-9H,6-7H2,1-5H3,(H,14,15). The summed E-state index contributed by atoms with van der Waals surface area (Å²) >= 11 is 0. The molecular weight excluding hydrogens is 224 g/mol. The Morgan fingerprint density at radius 3 is 2.18 bits per heavy atom. The molecule has 0 spiro atoms. The predicted molar refractivity (Wildman–Crippen MR) is 64.0 cm³/mol. The Morgan fingerprint density at radius 1 is 1.29 bits per heavy atom. The SMILES string of the molecule is CCC(C(=O)O)N(C)C(=O)N(C)C(C)COC. The quantitative estimate of drug-likeness (QED) is 0.755. The van der Waals surface area contributed by atoms with Gasteiger partial charge in [-0.1, -0.05) is 6.92 Å². The molecule has 0 saturated carbocycles. The first-order chi connectivity index (χ1) is 7.86. The van der Waals surface area contributed by atoms with E-state index in [9.17, 15) is 9.59 Å². The molecule has 0 aromatic carbocycles. The van der Waals surface area contributed by atoms with Crippen molar-refractivity contribution in [1.29, 1.82) is 0 Å². The monoisotopic (exact) mass is 246 g/mol. The van der Waals surface area contributed by atoms with Crippen molar-refractivity contribution in [2.75, 3.05) is 27.8 Å². The highest BCUT2D eigenvalue weighted by Crippen LogP contribution is 2.08. The lowest BCUT2D eigenvalue weighted by molar-refractivity contribution is -0.142. The van der Waals surface area contributed by atoms with Crippen molar-refractivity contribution in [2.45, 2.75) is 32.4 Å². The maximum atomic E-state index is 12.0. The Hall–Kier alpha value is -1.30. The molecule has 100 valence electrons. The average molecular weight is 246 g/mol. The number of carboxylic acids is 1. The van der Waals surface area contributed by atoms with E-state index in [0.717, 1.165) is 0 Å². The Labute approximate surface area is 102 Å². The molecule has 2 unspecified atom stereocenters. The summed E-state index contributed by atoms with van der Waals surface area (Å²) in [4.78, 5) is 25.7. The minimum Gasteiger partial charge on any atom is -0.480 e. The molecule has 0 aromatic heterocycles. The maximum Gasteiger partial charge on any atom is 0.326 e. The molecule has 6 heteroatoms. The number of urea groups is 1. The number of aliphatic carboxylic acids is 1. The number of ether oxygens (including phenoxy) is 1. The number of amides is 2. The Bertz CT molecular complexity index is 270. The van der Waals surface area contributed by atoms with Crippen molar-refractivity contribution in [1.82, 2.24) is 9.80 Å². The minimum atomic E-state index is -0.990. The van der Waals surface area contributed by atoms with Crippen LogP contribution < -0.4 is 0 Å². The molecule has 17 heavy (non-hydrogen) atoms. The van der Waals surface area contributed by atoms with Crippen LogP contribution in [-0.4, -0.2) is 66.8 Å². The van der Waals surface area contributed by atoms with Gasteiger partial charge in [0.15, 0.2) is 0 Å². The first-order valence-electron chi connectivity index (χ1n) is 5.58. The molecular formula is C11H22N2O4. The fourth-order valence-electron chi connectivity index (χ4n) is 1.54. The van der Waals surface area contributed by atoms with Crippen LogP contribution in [-0.2, 0) is 9.53 Å². The molecule has 2 amide bonds. The van der Waals surface area contributed by atoms with Crippen molar-refractivity contribution >= 4 is 12.0 Å². The first-order valence-corrected chi connectivity index (χ1v) is 5.58. The van der Waals surface area contributed by atoms with Gasteiger partial charge in [0.25, 0.3) is 0 Å². The zero-order valence-corrected chi connectivity index (χ0v) is 11.1. The highest BCUT2D eigenvalue weighted by molar-refractivity contribution is 5.82. The summed E-state index contributed by atoms with van der Waals surface area (Å²) in [5, 5.41) is 8.98. The first kappa shape index (κ1) is 15.7. The summed E-state index contributed by atoms with van der Waals surface area (Å²) in [7, 11) is 4.70. The zero-order valence-electron chi connectivity index (χ0n) is 11.1. The van der Waals surface area contributed by atoms with Gasteiger partial charge in [0.05, 0.1) is 12.6 Å². The molecule has 1 N–H and O–H groups in total. The number of hydrogen-bond acceptors (Lipinski definition) is 3. The Morgan fingerprint density at radius 2 is 1.82 bits per heavy atom. The van der Waals surface area contributed by atoms with Crippen LogP contribution in [0.3, 0.4) is 0 Å². The smallest absolute Gasteiger partial charge is 0.326 e. The summed E-state index contributed by atoms with van der Waals surface area (Å²) in [6, 6.07) is -1.20. The lowest BCUT2D eigenvalue weighted by Crippen LogP contribution is -2.50. The molecule has 2 atom stereocenters. The number of rotatable bonds is 6. The minimum absolute atomic E-state index is 0.0961. The number of carbonyl (C=O) groups is 2. The molecule has 0 heterocycles. The van der Waals surface area contributed by atoms with Crippen molar-refractivity contribution in [3.63, 3.8) is 0 Å². The second-order valence-corrected chi connectivity index (χ2v) is 4.07. The lowest BCUT2D eigenvalue weighted by atomic mass is 10.2. The Kier molecular flexibility index (Phi) is 6.57. The van der Waals surface area contributed by atoms with Crippen molar-refractivity contribution < 1.29 is 19.4 Å². The van der Waals surface area contributed by atoms with Gasteiger partial charge in [0.1, 0.15) is 6.04 Å². The Balaban J connectivity index is 4.62. The summed E-state index contributed by atoms with van der Waals surface area (Å²) in [5.41, 5.74) is 0. The van der Waals surface area contributed by atoms with Crippen LogP contribution in [0, 0.1) is 0 Å². The van der Waals surface area contributed by atoms with Gasteiger partial charge in [-0.3, -0.25) is 0 Å². The van der Waals surface area contributed by atoms with Gasteiger partial charge >= 0.3 is 12.0 Å². The van der Waals surface area contributed by atoms with Crippen LogP contribution in [0.15, 0.2) is 0 Å². The number of likely N-dealkylation sites (N-methyl/N-ethyl adjacent to an activating group) is 2. The molecule has 6 nitrogen and oxygen atoms in total. The van der Waals surface area contributed by atoms with E-state index in [1.807, 2.05) is 6.92 Å². The van der Waals surface area contributed by atoms with E-state index in [4.69, 9.17) is 9.84 Å². The van der Waals surface area contributed by atoms with E-state index in [1.54, 1.807) is 21.1 Å². The van der Waals surface area contributed by atoms with Crippen molar-refractivity contribution in [2.24, 2.45) is 0 Å². The van der Waals surface area contributed by atoms with E-state index >= 15 is 0 Å². The molecule has 0 radical (unpaired) electrons. The lowest BCUT2D eigenvalue weighted by Gasteiger charge is -2.32.